The summed E-state index contributed by atoms with van der Waals surface area (Å²) < 4.78 is 4.82. The maximum atomic E-state index is 2.57. The van der Waals surface area contributed by atoms with Gasteiger partial charge in [-0.3, -0.25) is 0 Å². The van der Waals surface area contributed by atoms with Crippen LogP contribution < -0.4 is 9.80 Å². The maximum absolute atomic E-state index is 2.57. The summed E-state index contributed by atoms with van der Waals surface area (Å²) in [4.78, 5) is 5.08. The maximum Gasteiger partial charge on any atom is 0.0620 e. The van der Waals surface area contributed by atoms with E-state index in [0.717, 1.165) is 122 Å². The van der Waals surface area contributed by atoms with E-state index in [0.29, 0.717) is 0 Å². The van der Waals surface area contributed by atoms with Crippen LogP contribution in [0.1, 0.15) is 0 Å². The highest BCUT2D eigenvalue weighted by Crippen LogP contribution is 2.54. The average molecular weight is 1150 g/mol. The highest BCUT2D eigenvalue weighted by atomic mass is 15.2. The molecular formula is C86H58N4. The van der Waals surface area contributed by atoms with Gasteiger partial charge >= 0.3 is 0 Å². The molecule has 0 aliphatic heterocycles. The molecule has 0 saturated heterocycles. The van der Waals surface area contributed by atoms with E-state index in [1.54, 1.807) is 0 Å². The molecule has 17 aromatic rings. The lowest BCUT2D eigenvalue weighted by molar-refractivity contribution is 1.18. The second kappa shape index (κ2) is 22.1. The molecule has 0 atom stereocenters. The van der Waals surface area contributed by atoms with Crippen LogP contribution in [0.5, 0.6) is 0 Å². The Morgan fingerprint density at radius 2 is 0.444 bits per heavy atom. The Morgan fingerprint density at radius 1 is 0.167 bits per heavy atom. The molecule has 0 radical (unpaired) electrons. The van der Waals surface area contributed by atoms with E-state index in [-0.39, 0.29) is 0 Å². The predicted molar refractivity (Wildman–Crippen MR) is 381 cm³/mol. The van der Waals surface area contributed by atoms with Crippen LogP contribution >= 0.6 is 0 Å². The molecule has 0 fully saturated rings. The van der Waals surface area contributed by atoms with Crippen molar-refractivity contribution in [3.8, 4) is 55.9 Å². The zero-order valence-corrected chi connectivity index (χ0v) is 49.3. The van der Waals surface area contributed by atoms with E-state index < -0.39 is 0 Å². The first kappa shape index (κ1) is 52.4. The molecule has 17 rings (SSSR count). The highest BCUT2D eigenvalue weighted by Gasteiger charge is 2.29. The topological polar surface area (TPSA) is 16.3 Å². The van der Waals surface area contributed by atoms with Gasteiger partial charge in [-0.1, -0.05) is 243 Å². The number of nitrogens with zero attached hydrogens (tertiary/aromatic N) is 4. The Bertz CT molecular complexity index is 5250. The van der Waals surface area contributed by atoms with Crippen molar-refractivity contribution < 1.29 is 0 Å². The summed E-state index contributed by atoms with van der Waals surface area (Å²) >= 11 is 0. The minimum Gasteiger partial charge on any atom is -0.309 e. The predicted octanol–water partition coefficient (Wildman–Crippen LogP) is 23.8. The van der Waals surface area contributed by atoms with Gasteiger partial charge in [0, 0.05) is 77.2 Å². The molecule has 0 aliphatic rings. The smallest absolute Gasteiger partial charge is 0.0620 e. The zero-order chi connectivity index (χ0) is 59.5. The third kappa shape index (κ3) is 9.00. The lowest BCUT2D eigenvalue weighted by Gasteiger charge is -2.33. The van der Waals surface area contributed by atoms with Crippen LogP contribution in [0.25, 0.3) is 121 Å². The number of hydrogen-bond acceptors (Lipinski definition) is 2. The van der Waals surface area contributed by atoms with Crippen molar-refractivity contribution in [1.82, 2.24) is 9.13 Å². The zero-order valence-electron chi connectivity index (χ0n) is 49.3. The van der Waals surface area contributed by atoms with Gasteiger partial charge in [-0.25, -0.2) is 0 Å². The monoisotopic (exact) mass is 1150 g/mol. The number of para-hydroxylation sites is 4. The standard InChI is InChI=1S/C86H58N4/c1-7-23-59(24-8-1)63-39-45-69(46-40-63)87(70-47-41-64(42-48-70)60-25-9-2-10-26-60)85-75-51-43-66(62-29-13-4-14-30-62)56-80(75)86(76-52-44-65(55-79(76)85)61-27-11-3-12-28-61)88(71-49-53-83-77(57-71)73-35-19-21-37-81(73)89(83)67-31-15-5-16-32-67)72-50-54-84-78(58-72)74-36-20-22-38-82(74)90(84)68-33-17-6-18-34-68/h1-58H. The summed E-state index contributed by atoms with van der Waals surface area (Å²) in [5, 5.41) is 9.15. The summed E-state index contributed by atoms with van der Waals surface area (Å²) in [6, 6.07) is 129. The average Bonchev–Trinajstić information content (AvgIpc) is 0.835. The first-order valence-corrected chi connectivity index (χ1v) is 30.9. The first-order chi connectivity index (χ1) is 44.7. The Balaban J connectivity index is 1.01. The molecule has 0 bridgehead atoms. The SMILES string of the molecule is c1ccc(-c2ccc(N(c3ccc(-c4ccccc4)cc3)c3c4ccc(-c5ccccc5)cc4c(N(c4ccc5c(c4)c4ccccc4n5-c4ccccc4)c4ccc5c(c4)c4ccccc4n5-c4ccccc4)c4ccc(-c5ccccc5)cc34)cc2)cc1. The summed E-state index contributed by atoms with van der Waals surface area (Å²) in [6.07, 6.45) is 0. The molecule has 4 heteroatoms. The quantitative estimate of drug-likeness (QED) is 0.0895. The Hall–Kier alpha value is -12.0. The second-order valence-electron chi connectivity index (χ2n) is 23.2. The van der Waals surface area contributed by atoms with Crippen molar-refractivity contribution in [2.45, 2.75) is 0 Å². The minimum absolute atomic E-state index is 1.04. The highest BCUT2D eigenvalue weighted by molar-refractivity contribution is 6.25. The van der Waals surface area contributed by atoms with E-state index in [2.05, 4.69) is 371 Å². The van der Waals surface area contributed by atoms with Gasteiger partial charge in [0.05, 0.1) is 33.4 Å². The second-order valence-corrected chi connectivity index (χ2v) is 23.2. The lowest BCUT2D eigenvalue weighted by atomic mass is 9.91. The van der Waals surface area contributed by atoms with Crippen molar-refractivity contribution in [1.29, 1.82) is 0 Å². The van der Waals surface area contributed by atoms with Crippen molar-refractivity contribution in [2.24, 2.45) is 0 Å². The van der Waals surface area contributed by atoms with E-state index in [4.69, 9.17) is 0 Å². The van der Waals surface area contributed by atoms with Gasteiger partial charge in [0.25, 0.3) is 0 Å². The number of benzene rings is 15. The molecule has 4 nitrogen and oxygen atoms in total. The van der Waals surface area contributed by atoms with Gasteiger partial charge in [0.15, 0.2) is 0 Å². The molecule has 0 unspecified atom stereocenters. The number of anilines is 6. The van der Waals surface area contributed by atoms with E-state index >= 15 is 0 Å². The van der Waals surface area contributed by atoms with Gasteiger partial charge in [-0.05, 0) is 154 Å². The molecule has 0 aliphatic carbocycles. The van der Waals surface area contributed by atoms with Crippen molar-refractivity contribution in [3.63, 3.8) is 0 Å². The fourth-order valence-corrected chi connectivity index (χ4v) is 13.9. The Kier molecular flexibility index (Phi) is 12.8. The Morgan fingerprint density at radius 3 is 0.822 bits per heavy atom. The van der Waals surface area contributed by atoms with Crippen molar-refractivity contribution in [3.05, 3.63) is 352 Å². The van der Waals surface area contributed by atoms with Gasteiger partial charge in [-0.15, -0.1) is 0 Å². The summed E-state index contributed by atoms with van der Waals surface area (Å²) in [5.74, 6) is 0. The first-order valence-electron chi connectivity index (χ1n) is 30.9. The summed E-state index contributed by atoms with van der Waals surface area (Å²) in [7, 11) is 0. The molecule has 2 heterocycles. The molecule has 15 aromatic carbocycles. The van der Waals surface area contributed by atoms with Gasteiger partial charge < -0.3 is 18.9 Å². The van der Waals surface area contributed by atoms with Crippen LogP contribution in [0, 0.1) is 0 Å². The molecule has 0 saturated carbocycles. The van der Waals surface area contributed by atoms with Crippen LogP contribution in [0.4, 0.5) is 34.1 Å². The van der Waals surface area contributed by atoms with Gasteiger partial charge in [0.1, 0.15) is 0 Å². The van der Waals surface area contributed by atoms with Crippen LogP contribution in [-0.2, 0) is 0 Å². The fraction of sp³-hybridized carbons (Fsp3) is 0. The normalized spacial score (nSPS) is 11.6. The van der Waals surface area contributed by atoms with Crippen LogP contribution in [0.3, 0.4) is 0 Å². The van der Waals surface area contributed by atoms with Crippen molar-refractivity contribution in [2.75, 3.05) is 9.80 Å². The number of hydrogen-bond donors (Lipinski definition) is 0. The minimum atomic E-state index is 1.04. The van der Waals surface area contributed by atoms with Crippen LogP contribution in [0.2, 0.25) is 0 Å². The number of rotatable bonds is 12. The number of aromatic nitrogens is 2. The molecule has 0 amide bonds. The Labute approximate surface area is 522 Å². The molecule has 90 heavy (non-hydrogen) atoms. The largest absolute Gasteiger partial charge is 0.309 e. The van der Waals surface area contributed by atoms with E-state index in [1.165, 1.54) is 32.7 Å². The van der Waals surface area contributed by atoms with Crippen LogP contribution in [0.15, 0.2) is 352 Å². The summed E-state index contributed by atoms with van der Waals surface area (Å²) in [6.45, 7) is 0. The molecule has 2 aromatic heterocycles. The van der Waals surface area contributed by atoms with Gasteiger partial charge in [0.2, 0.25) is 0 Å². The molecule has 422 valence electrons. The third-order valence-electron chi connectivity index (χ3n) is 18.0. The van der Waals surface area contributed by atoms with Crippen LogP contribution in [-0.4, -0.2) is 9.13 Å². The van der Waals surface area contributed by atoms with Crippen molar-refractivity contribution >= 4 is 99.3 Å². The number of fused-ring (bicyclic) bond motifs is 8. The lowest BCUT2D eigenvalue weighted by Crippen LogP contribution is -2.15. The fourth-order valence-electron chi connectivity index (χ4n) is 13.9. The van der Waals surface area contributed by atoms with Gasteiger partial charge in [-0.2, -0.15) is 0 Å². The third-order valence-corrected chi connectivity index (χ3v) is 18.0. The molecule has 0 spiro atoms. The summed E-state index contributed by atoms with van der Waals surface area (Å²) in [5.41, 5.74) is 22.4. The molecular weight excluding hydrogens is 1090 g/mol. The van der Waals surface area contributed by atoms with E-state index in [1.807, 2.05) is 0 Å². The van der Waals surface area contributed by atoms with E-state index in [9.17, 15) is 0 Å². The molecule has 0 N–H and O–H groups in total.